The van der Waals surface area contributed by atoms with Crippen LogP contribution in [0, 0.1) is 0 Å². The summed E-state index contributed by atoms with van der Waals surface area (Å²) >= 11 is 0. The molecule has 0 radical (unpaired) electrons. The summed E-state index contributed by atoms with van der Waals surface area (Å²) in [6, 6.07) is 14.0. The molecule has 0 aliphatic heterocycles. The second-order valence-electron chi connectivity index (χ2n) is 6.57. The van der Waals surface area contributed by atoms with Crippen molar-refractivity contribution in [3.05, 3.63) is 72.2 Å². The monoisotopic (exact) mass is 459 g/mol. The molecule has 32 heavy (non-hydrogen) atoms. The number of anilines is 1. The molecule has 1 N–H and O–H groups in total. The smallest absolute Gasteiger partial charge is 0.375 e. The summed E-state index contributed by atoms with van der Waals surface area (Å²) in [7, 11) is -0.749. The van der Waals surface area contributed by atoms with E-state index in [9.17, 15) is 18.0 Å². The number of rotatable bonds is 9. The zero-order valence-corrected chi connectivity index (χ0v) is 18.2. The van der Waals surface area contributed by atoms with Gasteiger partial charge in [0.05, 0.1) is 31.1 Å². The predicted octanol–water partition coefficient (Wildman–Crippen LogP) is 3.07. The molecule has 9 nitrogen and oxygen atoms in total. The topological polar surface area (TPSA) is 121 Å². The zero-order chi connectivity index (χ0) is 23.1. The van der Waals surface area contributed by atoms with Gasteiger partial charge in [-0.3, -0.25) is 4.79 Å². The lowest BCUT2D eigenvalue weighted by Gasteiger charge is -2.10. The Hall–Kier alpha value is -3.79. The number of ether oxygens (including phenoxy) is 3. The van der Waals surface area contributed by atoms with Crippen LogP contribution in [0.5, 0.6) is 11.5 Å². The Bertz CT molecular complexity index is 1180. The van der Waals surface area contributed by atoms with E-state index in [1.54, 1.807) is 36.4 Å². The largest absolute Gasteiger partial charge is 0.497 e. The molecule has 0 unspecified atom stereocenters. The van der Waals surface area contributed by atoms with Gasteiger partial charge in [-0.1, -0.05) is 18.2 Å². The predicted molar refractivity (Wildman–Crippen MR) is 114 cm³/mol. The highest BCUT2D eigenvalue weighted by atomic mass is 32.2. The van der Waals surface area contributed by atoms with Gasteiger partial charge in [-0.2, -0.15) is 0 Å². The fourth-order valence-corrected chi connectivity index (χ4v) is 4.19. The van der Waals surface area contributed by atoms with Crippen LogP contribution in [0.25, 0.3) is 0 Å². The minimum atomic E-state index is -3.70. The Balaban J connectivity index is 1.63. The van der Waals surface area contributed by atoms with Crippen molar-refractivity contribution in [3.8, 4) is 11.5 Å². The molecular formula is C22H21NO8S. The zero-order valence-electron chi connectivity index (χ0n) is 17.4. The number of carbonyl (C=O) groups excluding carboxylic acids is 2. The van der Waals surface area contributed by atoms with E-state index in [-0.39, 0.29) is 16.2 Å². The minimum absolute atomic E-state index is 0.119. The summed E-state index contributed by atoms with van der Waals surface area (Å²) in [5.74, 6) is -1.35. The molecule has 10 heteroatoms. The number of furan rings is 1. The van der Waals surface area contributed by atoms with Crippen molar-refractivity contribution < 1.29 is 36.6 Å². The van der Waals surface area contributed by atoms with Crippen molar-refractivity contribution in [3.63, 3.8) is 0 Å². The van der Waals surface area contributed by atoms with Gasteiger partial charge in [0.1, 0.15) is 11.5 Å². The van der Waals surface area contributed by atoms with Gasteiger partial charge in [0.2, 0.25) is 5.76 Å². The molecule has 0 atom stereocenters. The third-order valence-corrected chi connectivity index (χ3v) is 6.03. The standard InChI is InChI=1S/C22H21NO8S/c1-28-17-10-16(11-18(12-17)29-2)23-20(24)13-31-22(25)21-15(8-9-30-21)14-32(26,27)19-6-4-3-5-7-19/h3-12H,13-14H2,1-2H3,(H,23,24). The maximum absolute atomic E-state index is 12.6. The van der Waals surface area contributed by atoms with Gasteiger partial charge in [0.15, 0.2) is 16.4 Å². The van der Waals surface area contributed by atoms with E-state index in [1.807, 2.05) is 0 Å². The quantitative estimate of drug-likeness (QED) is 0.485. The lowest BCUT2D eigenvalue weighted by Crippen LogP contribution is -2.21. The van der Waals surface area contributed by atoms with Crippen LogP contribution in [0.2, 0.25) is 0 Å². The first-order valence-corrected chi connectivity index (χ1v) is 11.0. The number of carbonyl (C=O) groups is 2. The number of sulfone groups is 1. The normalized spacial score (nSPS) is 10.9. The molecule has 0 saturated heterocycles. The molecule has 168 valence electrons. The van der Waals surface area contributed by atoms with Crippen LogP contribution in [0.15, 0.2) is 70.2 Å². The number of benzene rings is 2. The molecule has 0 spiro atoms. The first kappa shape index (κ1) is 22.9. The van der Waals surface area contributed by atoms with Gasteiger partial charge in [0, 0.05) is 29.4 Å². The van der Waals surface area contributed by atoms with E-state index < -0.39 is 34.1 Å². The summed E-state index contributed by atoms with van der Waals surface area (Å²) in [5, 5.41) is 2.56. The summed E-state index contributed by atoms with van der Waals surface area (Å²) in [4.78, 5) is 24.7. The van der Waals surface area contributed by atoms with Gasteiger partial charge in [0.25, 0.3) is 5.91 Å². The molecule has 1 heterocycles. The van der Waals surface area contributed by atoms with E-state index in [4.69, 9.17) is 18.6 Å². The van der Waals surface area contributed by atoms with E-state index in [1.165, 1.54) is 38.7 Å². The van der Waals surface area contributed by atoms with Crippen LogP contribution >= 0.6 is 0 Å². The van der Waals surface area contributed by atoms with Crippen molar-refractivity contribution in [2.45, 2.75) is 10.6 Å². The second kappa shape index (κ2) is 10.0. The Morgan fingerprint density at radius 1 is 0.969 bits per heavy atom. The number of hydrogen-bond donors (Lipinski definition) is 1. The van der Waals surface area contributed by atoms with E-state index in [0.717, 1.165) is 0 Å². The molecule has 3 rings (SSSR count). The van der Waals surface area contributed by atoms with Gasteiger partial charge in [-0.15, -0.1) is 0 Å². The van der Waals surface area contributed by atoms with Crippen molar-refractivity contribution in [2.24, 2.45) is 0 Å². The van der Waals surface area contributed by atoms with Crippen molar-refractivity contribution in [1.82, 2.24) is 0 Å². The summed E-state index contributed by atoms with van der Waals surface area (Å²) in [6.07, 6.45) is 1.19. The number of amides is 1. The number of hydrogen-bond acceptors (Lipinski definition) is 8. The van der Waals surface area contributed by atoms with Crippen molar-refractivity contribution in [1.29, 1.82) is 0 Å². The molecule has 0 aliphatic rings. The maximum atomic E-state index is 12.6. The van der Waals surface area contributed by atoms with Crippen LogP contribution in [0.3, 0.4) is 0 Å². The molecule has 0 saturated carbocycles. The Morgan fingerprint density at radius 2 is 1.62 bits per heavy atom. The number of esters is 1. The second-order valence-corrected chi connectivity index (χ2v) is 8.56. The van der Waals surface area contributed by atoms with Gasteiger partial charge in [-0.05, 0) is 18.2 Å². The van der Waals surface area contributed by atoms with Gasteiger partial charge in [-0.25, -0.2) is 13.2 Å². The molecule has 0 fully saturated rings. The van der Waals surface area contributed by atoms with E-state index in [0.29, 0.717) is 17.2 Å². The van der Waals surface area contributed by atoms with Crippen LogP contribution in [0.1, 0.15) is 16.1 Å². The fraction of sp³-hybridized carbons (Fsp3) is 0.182. The lowest BCUT2D eigenvalue weighted by molar-refractivity contribution is -0.119. The Morgan fingerprint density at radius 3 is 2.25 bits per heavy atom. The molecule has 3 aromatic rings. The van der Waals surface area contributed by atoms with Crippen LogP contribution in [0.4, 0.5) is 5.69 Å². The lowest BCUT2D eigenvalue weighted by atomic mass is 10.2. The average Bonchev–Trinajstić information content (AvgIpc) is 3.25. The van der Waals surface area contributed by atoms with Crippen molar-refractivity contribution in [2.75, 3.05) is 26.1 Å². The first-order chi connectivity index (χ1) is 15.3. The van der Waals surface area contributed by atoms with Crippen LogP contribution < -0.4 is 14.8 Å². The number of methoxy groups -OCH3 is 2. The molecule has 0 aliphatic carbocycles. The molecule has 0 bridgehead atoms. The molecule has 1 amide bonds. The van der Waals surface area contributed by atoms with Crippen molar-refractivity contribution >= 4 is 27.4 Å². The summed E-state index contributed by atoms with van der Waals surface area (Å²) in [6.45, 7) is -0.607. The highest BCUT2D eigenvalue weighted by Crippen LogP contribution is 2.26. The number of nitrogens with one attached hydrogen (secondary N) is 1. The maximum Gasteiger partial charge on any atom is 0.375 e. The van der Waals surface area contributed by atoms with Gasteiger partial charge >= 0.3 is 5.97 Å². The summed E-state index contributed by atoms with van der Waals surface area (Å²) < 4.78 is 45.5. The molecule has 2 aromatic carbocycles. The average molecular weight is 459 g/mol. The SMILES string of the molecule is COc1cc(NC(=O)COC(=O)c2occc2CS(=O)(=O)c2ccccc2)cc(OC)c1. The Labute approximate surface area is 184 Å². The van der Waals surface area contributed by atoms with Crippen LogP contribution in [-0.2, 0) is 25.1 Å². The highest BCUT2D eigenvalue weighted by molar-refractivity contribution is 7.90. The van der Waals surface area contributed by atoms with E-state index >= 15 is 0 Å². The highest BCUT2D eigenvalue weighted by Gasteiger charge is 2.24. The first-order valence-electron chi connectivity index (χ1n) is 9.36. The molecule has 1 aromatic heterocycles. The van der Waals surface area contributed by atoms with Gasteiger partial charge < -0.3 is 23.9 Å². The third kappa shape index (κ3) is 5.67. The van der Waals surface area contributed by atoms with Crippen LogP contribution in [-0.4, -0.2) is 41.1 Å². The summed E-state index contributed by atoms with van der Waals surface area (Å²) in [5.41, 5.74) is 0.520. The van der Waals surface area contributed by atoms with E-state index in [2.05, 4.69) is 5.32 Å². The third-order valence-electron chi connectivity index (χ3n) is 4.35. The Kier molecular flexibility index (Phi) is 7.16. The molecular weight excluding hydrogens is 438 g/mol. The fourth-order valence-electron chi connectivity index (χ4n) is 2.82. The minimum Gasteiger partial charge on any atom is -0.497 e.